The molecule has 0 fully saturated rings. The van der Waals surface area contributed by atoms with Crippen LogP contribution in [0, 0.1) is 15.2 Å². The molecule has 148 valence electrons. The van der Waals surface area contributed by atoms with Gasteiger partial charge in [-0.15, -0.1) is 0 Å². The number of aromatic nitrogens is 2. The Bertz CT molecular complexity index is 1190. The molecule has 10 heteroatoms. The molecule has 0 amide bonds. The quantitative estimate of drug-likeness (QED) is 0.522. The normalized spacial score (nSPS) is 11.1. The third-order valence-corrected chi connectivity index (χ3v) is 4.81. The van der Waals surface area contributed by atoms with Gasteiger partial charge in [-0.1, -0.05) is 0 Å². The van der Waals surface area contributed by atoms with Crippen molar-refractivity contribution in [2.75, 3.05) is 18.5 Å². The van der Waals surface area contributed by atoms with Crippen molar-refractivity contribution >= 4 is 45.0 Å². The van der Waals surface area contributed by atoms with Crippen LogP contribution in [0.2, 0.25) is 0 Å². The minimum absolute atomic E-state index is 0.0856. The van der Waals surface area contributed by atoms with Crippen molar-refractivity contribution in [1.29, 1.82) is 0 Å². The molecule has 2 N–H and O–H groups in total. The SMILES string of the molecule is Cn1cc(OCCO)c(=O)c2c(Nc3ccc(I)cc3F)c(F)c(=O)n(C)c21. The molecule has 1 aromatic carbocycles. The second-order valence-corrected chi connectivity index (χ2v) is 7.25. The summed E-state index contributed by atoms with van der Waals surface area (Å²) in [5.41, 5.74) is -2.06. The largest absolute Gasteiger partial charge is 0.486 e. The zero-order valence-electron chi connectivity index (χ0n) is 14.9. The number of pyridine rings is 2. The van der Waals surface area contributed by atoms with Gasteiger partial charge in [-0.2, -0.15) is 4.39 Å². The van der Waals surface area contributed by atoms with E-state index in [1.807, 2.05) is 22.6 Å². The summed E-state index contributed by atoms with van der Waals surface area (Å²) < 4.78 is 37.4. The number of nitrogens with zero attached hydrogens (tertiary/aromatic N) is 2. The van der Waals surface area contributed by atoms with Gasteiger partial charge in [0.15, 0.2) is 5.75 Å². The first-order valence-electron chi connectivity index (χ1n) is 8.13. The monoisotopic (exact) mass is 503 g/mol. The number of benzene rings is 1. The van der Waals surface area contributed by atoms with E-state index in [2.05, 4.69) is 5.32 Å². The maximum absolute atomic E-state index is 14.8. The lowest BCUT2D eigenvalue weighted by Crippen LogP contribution is -2.27. The maximum atomic E-state index is 14.8. The van der Waals surface area contributed by atoms with Crippen LogP contribution >= 0.6 is 22.6 Å². The van der Waals surface area contributed by atoms with Crippen molar-refractivity contribution in [1.82, 2.24) is 9.13 Å². The summed E-state index contributed by atoms with van der Waals surface area (Å²) in [6, 6.07) is 4.22. The highest BCUT2D eigenvalue weighted by atomic mass is 127. The van der Waals surface area contributed by atoms with Crippen molar-refractivity contribution in [3.05, 3.63) is 60.2 Å². The summed E-state index contributed by atoms with van der Waals surface area (Å²) in [6.45, 7) is -0.453. The van der Waals surface area contributed by atoms with Gasteiger partial charge in [-0.25, -0.2) is 4.39 Å². The zero-order valence-corrected chi connectivity index (χ0v) is 17.1. The molecule has 0 radical (unpaired) electrons. The highest BCUT2D eigenvalue weighted by molar-refractivity contribution is 14.1. The molecule has 0 aliphatic heterocycles. The fourth-order valence-electron chi connectivity index (χ4n) is 2.89. The Labute approximate surface area is 171 Å². The zero-order chi connectivity index (χ0) is 20.6. The highest BCUT2D eigenvalue weighted by Crippen LogP contribution is 2.28. The number of hydrogen-bond acceptors (Lipinski definition) is 5. The van der Waals surface area contributed by atoms with E-state index in [1.165, 1.54) is 29.9 Å². The van der Waals surface area contributed by atoms with Crippen LogP contribution in [0.25, 0.3) is 11.0 Å². The summed E-state index contributed by atoms with van der Waals surface area (Å²) in [5, 5.41) is 11.3. The molecule has 0 aliphatic rings. The van der Waals surface area contributed by atoms with E-state index >= 15 is 0 Å². The molecule has 0 saturated carbocycles. The van der Waals surface area contributed by atoms with Gasteiger partial charge in [-0.05, 0) is 40.8 Å². The van der Waals surface area contributed by atoms with Crippen molar-refractivity contribution < 1.29 is 18.6 Å². The number of anilines is 2. The summed E-state index contributed by atoms with van der Waals surface area (Å²) in [6.07, 6.45) is 1.34. The predicted octanol–water partition coefficient (Wildman–Crippen LogP) is 2.23. The number of aliphatic hydroxyl groups is 1. The summed E-state index contributed by atoms with van der Waals surface area (Å²) >= 11 is 1.92. The molecule has 3 rings (SSSR count). The minimum Gasteiger partial charge on any atom is -0.486 e. The molecule has 0 saturated heterocycles. The van der Waals surface area contributed by atoms with Crippen LogP contribution in [-0.2, 0) is 14.1 Å². The molecular weight excluding hydrogens is 487 g/mol. The number of nitrogens with one attached hydrogen (secondary N) is 1. The predicted molar refractivity (Wildman–Crippen MR) is 109 cm³/mol. The second kappa shape index (κ2) is 7.87. The van der Waals surface area contributed by atoms with Crippen LogP contribution in [0.15, 0.2) is 34.0 Å². The Hall–Kier alpha value is -2.47. The van der Waals surface area contributed by atoms with Gasteiger partial charge in [0.25, 0.3) is 5.56 Å². The number of halogens is 3. The van der Waals surface area contributed by atoms with E-state index < -0.39 is 28.3 Å². The first-order chi connectivity index (χ1) is 13.3. The standard InChI is InChI=1S/C18H16F2IN3O4/c1-23-8-12(28-6-5-25)16(26)13-15(14(20)18(27)24(2)17(13)23)22-11-4-3-9(21)7-10(11)19/h3-4,7-8,22,25H,5-6H2,1-2H3. The summed E-state index contributed by atoms with van der Waals surface area (Å²) in [4.78, 5) is 25.2. The minimum atomic E-state index is -1.22. The molecule has 0 atom stereocenters. The molecule has 3 aromatic rings. The molecule has 0 aliphatic carbocycles. The van der Waals surface area contributed by atoms with Crippen molar-refractivity contribution in [2.45, 2.75) is 0 Å². The van der Waals surface area contributed by atoms with E-state index in [0.717, 1.165) is 4.57 Å². The van der Waals surface area contributed by atoms with Crippen LogP contribution in [0.4, 0.5) is 20.2 Å². The maximum Gasteiger partial charge on any atom is 0.290 e. The topological polar surface area (TPSA) is 85.5 Å². The molecule has 28 heavy (non-hydrogen) atoms. The lowest BCUT2D eigenvalue weighted by Gasteiger charge is -2.17. The number of fused-ring (bicyclic) bond motifs is 1. The number of aryl methyl sites for hydroxylation is 2. The first-order valence-corrected chi connectivity index (χ1v) is 9.21. The molecule has 7 nitrogen and oxygen atoms in total. The molecule has 0 unspecified atom stereocenters. The van der Waals surface area contributed by atoms with Gasteiger partial charge in [0.1, 0.15) is 18.1 Å². The number of aliphatic hydroxyl groups excluding tert-OH is 1. The fourth-order valence-corrected chi connectivity index (χ4v) is 3.34. The molecule has 2 aromatic heterocycles. The Morgan fingerprint density at radius 1 is 1.25 bits per heavy atom. The third-order valence-electron chi connectivity index (χ3n) is 4.14. The lowest BCUT2D eigenvalue weighted by atomic mass is 10.2. The van der Waals surface area contributed by atoms with E-state index in [4.69, 9.17) is 9.84 Å². The van der Waals surface area contributed by atoms with Crippen molar-refractivity contribution in [2.24, 2.45) is 14.1 Å². The average molecular weight is 503 g/mol. The van der Waals surface area contributed by atoms with Gasteiger partial charge in [-0.3, -0.25) is 14.2 Å². The van der Waals surface area contributed by atoms with Gasteiger partial charge >= 0.3 is 0 Å². The fraction of sp³-hybridized carbons (Fsp3) is 0.222. The first kappa shape index (κ1) is 20.3. The molecular formula is C18H16F2IN3O4. The third kappa shape index (κ3) is 3.49. The second-order valence-electron chi connectivity index (χ2n) is 6.01. The van der Waals surface area contributed by atoms with E-state index in [9.17, 15) is 18.4 Å². The van der Waals surface area contributed by atoms with E-state index in [-0.39, 0.29) is 35.7 Å². The van der Waals surface area contributed by atoms with Crippen LogP contribution in [0.3, 0.4) is 0 Å². The average Bonchev–Trinajstić information content (AvgIpc) is 2.65. The lowest BCUT2D eigenvalue weighted by molar-refractivity contribution is 0.199. The molecule has 0 bridgehead atoms. The summed E-state index contributed by atoms with van der Waals surface area (Å²) in [7, 11) is 2.89. The number of hydrogen-bond donors (Lipinski definition) is 2. The summed E-state index contributed by atoms with van der Waals surface area (Å²) in [5.74, 6) is -2.01. The Kier molecular flexibility index (Phi) is 5.70. The number of ether oxygens (including phenoxy) is 1. The van der Waals surface area contributed by atoms with E-state index in [0.29, 0.717) is 3.57 Å². The van der Waals surface area contributed by atoms with Crippen LogP contribution in [-0.4, -0.2) is 27.5 Å². The highest BCUT2D eigenvalue weighted by Gasteiger charge is 2.22. The molecule has 2 heterocycles. The molecule has 0 spiro atoms. The van der Waals surface area contributed by atoms with Crippen LogP contribution < -0.4 is 21.0 Å². The van der Waals surface area contributed by atoms with Crippen molar-refractivity contribution in [3.8, 4) is 5.75 Å². The van der Waals surface area contributed by atoms with Gasteiger partial charge < -0.3 is 19.7 Å². The van der Waals surface area contributed by atoms with Gasteiger partial charge in [0.05, 0.1) is 29.6 Å². The smallest absolute Gasteiger partial charge is 0.290 e. The van der Waals surface area contributed by atoms with Gasteiger partial charge in [0.2, 0.25) is 11.2 Å². The van der Waals surface area contributed by atoms with E-state index in [1.54, 1.807) is 13.1 Å². The Balaban J connectivity index is 2.35. The number of rotatable bonds is 5. The Morgan fingerprint density at radius 2 is 1.96 bits per heavy atom. The van der Waals surface area contributed by atoms with Crippen LogP contribution in [0.5, 0.6) is 5.75 Å². The van der Waals surface area contributed by atoms with Crippen molar-refractivity contribution in [3.63, 3.8) is 0 Å². The van der Waals surface area contributed by atoms with Crippen LogP contribution in [0.1, 0.15) is 0 Å². The van der Waals surface area contributed by atoms with Gasteiger partial charge in [0, 0.05) is 17.7 Å². The Morgan fingerprint density at radius 3 is 2.61 bits per heavy atom.